The summed E-state index contributed by atoms with van der Waals surface area (Å²) in [7, 11) is 3.52. The lowest BCUT2D eigenvalue weighted by Crippen LogP contribution is -2.23. The normalized spacial score (nSPS) is 10.9. The summed E-state index contributed by atoms with van der Waals surface area (Å²) in [5.41, 5.74) is 2.25. The average Bonchev–Trinajstić information content (AvgIpc) is 3.09. The van der Waals surface area contributed by atoms with Gasteiger partial charge < -0.3 is 14.5 Å². The molecule has 0 radical (unpaired) electrons. The highest BCUT2D eigenvalue weighted by Crippen LogP contribution is 2.32. The van der Waals surface area contributed by atoms with E-state index < -0.39 is 11.6 Å². The summed E-state index contributed by atoms with van der Waals surface area (Å²) in [5, 5.41) is 0. The number of hydrogen-bond acceptors (Lipinski definition) is 5. The number of carbonyl (C=O) groups excluding carboxylic acids is 1. The maximum Gasteiger partial charge on any atom is 0.302 e. The van der Waals surface area contributed by atoms with Crippen LogP contribution in [0.3, 0.4) is 0 Å². The minimum atomic E-state index is -0.959. The second-order valence-corrected chi connectivity index (χ2v) is 7.10. The number of benzene rings is 2. The number of ether oxygens (including phenoxy) is 1. The second kappa shape index (κ2) is 8.62. The van der Waals surface area contributed by atoms with Crippen molar-refractivity contribution in [2.75, 3.05) is 23.4 Å². The van der Waals surface area contributed by atoms with Crippen LogP contribution in [0.2, 0.25) is 0 Å². The summed E-state index contributed by atoms with van der Waals surface area (Å²) >= 11 is 0. The number of imidazole rings is 1. The van der Waals surface area contributed by atoms with Crippen molar-refractivity contribution in [3.05, 3.63) is 66.4 Å². The monoisotopic (exact) mass is 437 g/mol. The van der Waals surface area contributed by atoms with Gasteiger partial charge in [0, 0.05) is 44.7 Å². The highest BCUT2D eigenvalue weighted by molar-refractivity contribution is 5.84. The van der Waals surface area contributed by atoms with E-state index >= 15 is 0 Å². The Hall–Kier alpha value is -4.01. The van der Waals surface area contributed by atoms with Gasteiger partial charge in [0.05, 0.1) is 16.7 Å². The van der Waals surface area contributed by atoms with Gasteiger partial charge in [-0.3, -0.25) is 9.36 Å². The van der Waals surface area contributed by atoms with Crippen LogP contribution in [0, 0.1) is 11.6 Å². The molecular formula is C23H21F2N5O2. The SMILES string of the molecule is CCN(C=O)c1cccnc1N(C)c1ccc(Oc2nc3cc(F)c(F)cc3n2C)cc1. The summed E-state index contributed by atoms with van der Waals surface area (Å²) in [6.45, 7) is 2.41. The minimum absolute atomic E-state index is 0.211. The van der Waals surface area contributed by atoms with Gasteiger partial charge in [-0.25, -0.2) is 13.8 Å². The molecule has 0 aliphatic heterocycles. The molecule has 0 N–H and O–H groups in total. The van der Waals surface area contributed by atoms with E-state index in [2.05, 4.69) is 9.97 Å². The smallest absolute Gasteiger partial charge is 0.302 e. The molecule has 0 saturated heterocycles. The van der Waals surface area contributed by atoms with Crippen molar-refractivity contribution in [3.63, 3.8) is 0 Å². The molecule has 0 atom stereocenters. The van der Waals surface area contributed by atoms with Crippen LogP contribution in [0.25, 0.3) is 11.0 Å². The van der Waals surface area contributed by atoms with Gasteiger partial charge in [0.1, 0.15) is 5.75 Å². The largest absolute Gasteiger partial charge is 0.425 e. The first-order valence-electron chi connectivity index (χ1n) is 9.93. The Balaban J connectivity index is 1.59. The molecule has 0 saturated carbocycles. The summed E-state index contributed by atoms with van der Waals surface area (Å²) in [4.78, 5) is 23.5. The number of pyridine rings is 1. The lowest BCUT2D eigenvalue weighted by Gasteiger charge is -2.25. The third kappa shape index (κ3) is 3.84. The Morgan fingerprint density at radius 1 is 1.12 bits per heavy atom. The van der Waals surface area contributed by atoms with Gasteiger partial charge in [0.15, 0.2) is 17.5 Å². The molecule has 2 heterocycles. The van der Waals surface area contributed by atoms with Gasteiger partial charge in [0.25, 0.3) is 0 Å². The molecule has 0 aliphatic rings. The highest BCUT2D eigenvalue weighted by Gasteiger charge is 2.16. The number of hydrogen-bond donors (Lipinski definition) is 0. The molecule has 0 aliphatic carbocycles. The number of aryl methyl sites for hydroxylation is 1. The van der Waals surface area contributed by atoms with E-state index in [1.807, 2.05) is 37.1 Å². The van der Waals surface area contributed by atoms with Gasteiger partial charge in [-0.2, -0.15) is 4.98 Å². The van der Waals surface area contributed by atoms with Gasteiger partial charge in [-0.15, -0.1) is 0 Å². The molecule has 2 aromatic carbocycles. The number of anilines is 3. The lowest BCUT2D eigenvalue weighted by molar-refractivity contribution is -0.107. The van der Waals surface area contributed by atoms with E-state index in [4.69, 9.17) is 4.74 Å². The van der Waals surface area contributed by atoms with Crippen LogP contribution in [0.4, 0.5) is 26.0 Å². The fourth-order valence-electron chi connectivity index (χ4n) is 3.39. The van der Waals surface area contributed by atoms with Gasteiger partial charge >= 0.3 is 6.01 Å². The molecule has 7 nitrogen and oxygen atoms in total. The van der Waals surface area contributed by atoms with Gasteiger partial charge in [-0.1, -0.05) is 0 Å². The fraction of sp³-hybridized carbons (Fsp3) is 0.174. The zero-order valence-corrected chi connectivity index (χ0v) is 17.8. The minimum Gasteiger partial charge on any atom is -0.425 e. The van der Waals surface area contributed by atoms with Crippen LogP contribution in [0.5, 0.6) is 11.8 Å². The molecule has 4 rings (SSSR count). The Labute approximate surface area is 183 Å². The topological polar surface area (TPSA) is 63.5 Å². The van der Waals surface area contributed by atoms with Crippen molar-refractivity contribution in [3.8, 4) is 11.8 Å². The van der Waals surface area contributed by atoms with Crippen molar-refractivity contribution in [2.45, 2.75) is 6.92 Å². The molecule has 0 spiro atoms. The molecule has 2 aromatic heterocycles. The van der Waals surface area contributed by atoms with Crippen LogP contribution in [-0.4, -0.2) is 34.5 Å². The van der Waals surface area contributed by atoms with E-state index in [1.165, 1.54) is 0 Å². The van der Waals surface area contributed by atoms with Crippen LogP contribution in [0.1, 0.15) is 6.92 Å². The second-order valence-electron chi connectivity index (χ2n) is 7.10. The van der Waals surface area contributed by atoms with Gasteiger partial charge in [-0.05, 0) is 43.3 Å². The molecule has 0 bridgehead atoms. The maximum absolute atomic E-state index is 13.6. The maximum atomic E-state index is 13.6. The van der Waals surface area contributed by atoms with Crippen molar-refractivity contribution >= 4 is 34.6 Å². The first-order chi connectivity index (χ1) is 15.4. The summed E-state index contributed by atoms with van der Waals surface area (Å²) in [5.74, 6) is -0.760. The average molecular weight is 437 g/mol. The highest BCUT2D eigenvalue weighted by atomic mass is 19.2. The van der Waals surface area contributed by atoms with E-state index in [0.29, 0.717) is 34.8 Å². The van der Waals surface area contributed by atoms with Crippen molar-refractivity contribution < 1.29 is 18.3 Å². The molecule has 1 amide bonds. The van der Waals surface area contributed by atoms with Crippen LogP contribution in [-0.2, 0) is 11.8 Å². The quantitative estimate of drug-likeness (QED) is 0.389. The van der Waals surface area contributed by atoms with E-state index in [9.17, 15) is 13.6 Å². The predicted molar refractivity (Wildman–Crippen MR) is 119 cm³/mol. The summed E-state index contributed by atoms with van der Waals surface area (Å²) in [6, 6.07) is 13.2. The zero-order valence-electron chi connectivity index (χ0n) is 17.8. The third-order valence-electron chi connectivity index (χ3n) is 5.18. The first-order valence-corrected chi connectivity index (χ1v) is 9.93. The number of amides is 1. The fourth-order valence-corrected chi connectivity index (χ4v) is 3.39. The number of nitrogens with zero attached hydrogens (tertiary/aromatic N) is 5. The molecule has 164 valence electrons. The van der Waals surface area contributed by atoms with Crippen LogP contribution < -0.4 is 14.5 Å². The Bertz CT molecular complexity index is 1270. The van der Waals surface area contributed by atoms with E-state index in [1.54, 1.807) is 40.9 Å². The Morgan fingerprint density at radius 2 is 1.84 bits per heavy atom. The number of carbonyl (C=O) groups is 1. The zero-order chi connectivity index (χ0) is 22.8. The number of fused-ring (bicyclic) bond motifs is 1. The van der Waals surface area contributed by atoms with Crippen LogP contribution >= 0.6 is 0 Å². The van der Waals surface area contributed by atoms with Crippen molar-refractivity contribution in [2.24, 2.45) is 7.05 Å². The number of rotatable bonds is 7. The first kappa shape index (κ1) is 21.2. The molecule has 0 unspecified atom stereocenters. The molecule has 0 fully saturated rings. The molecular weight excluding hydrogens is 416 g/mol. The summed E-state index contributed by atoms with van der Waals surface area (Å²) in [6.07, 6.45) is 2.45. The number of halogens is 2. The molecule has 4 aromatic rings. The van der Waals surface area contributed by atoms with Gasteiger partial charge in [0.2, 0.25) is 6.41 Å². The van der Waals surface area contributed by atoms with E-state index in [0.717, 1.165) is 24.2 Å². The predicted octanol–water partition coefficient (Wildman–Crippen LogP) is 4.79. The standard InChI is InChI=1S/C23H21F2N5O2/c1-4-30(14-31)20-6-5-11-26-22(20)28(2)15-7-9-16(10-8-15)32-23-27-19-12-17(24)18(25)13-21(19)29(23)3/h5-14H,4H2,1-3H3. The molecule has 32 heavy (non-hydrogen) atoms. The Kier molecular flexibility index (Phi) is 5.72. The van der Waals surface area contributed by atoms with Crippen molar-refractivity contribution in [1.82, 2.24) is 14.5 Å². The summed E-state index contributed by atoms with van der Waals surface area (Å²) < 4.78 is 34.4. The number of aromatic nitrogens is 3. The third-order valence-corrected chi connectivity index (χ3v) is 5.18. The van der Waals surface area contributed by atoms with E-state index in [-0.39, 0.29) is 6.01 Å². The van der Waals surface area contributed by atoms with Crippen LogP contribution in [0.15, 0.2) is 54.7 Å². The lowest BCUT2D eigenvalue weighted by atomic mass is 10.2. The molecule has 9 heteroatoms. The Morgan fingerprint density at radius 3 is 2.53 bits per heavy atom. The van der Waals surface area contributed by atoms with Crippen molar-refractivity contribution in [1.29, 1.82) is 0 Å².